The van der Waals surface area contributed by atoms with E-state index < -0.39 is 54.4 Å². The van der Waals surface area contributed by atoms with Crippen LogP contribution in [0.25, 0.3) is 10.8 Å². The van der Waals surface area contributed by atoms with E-state index in [4.69, 9.17) is 9.60 Å². The Bertz CT molecular complexity index is 1210. The second-order valence-corrected chi connectivity index (χ2v) is 6.07. The lowest BCUT2D eigenvalue weighted by Gasteiger charge is -2.33. The topological polar surface area (TPSA) is 76.8 Å². The summed E-state index contributed by atoms with van der Waals surface area (Å²) in [5.74, 6) is -1.73. The molecule has 1 amide bonds. The molecule has 3 aromatic rings. The Morgan fingerprint density at radius 3 is 2.88 bits per heavy atom. The molecule has 0 saturated carbocycles. The second kappa shape index (κ2) is 5.99. The van der Waals surface area contributed by atoms with E-state index >= 15 is 0 Å². The quantitative estimate of drug-likeness (QED) is 0.697. The van der Waals surface area contributed by atoms with Crippen molar-refractivity contribution in [3.63, 3.8) is 0 Å². The zero-order chi connectivity index (χ0) is 23.5. The smallest absolute Gasteiger partial charge is 0.254 e. The number of hydrogen-bond acceptors (Lipinski definition) is 6. The monoisotopic (exact) mass is 365 g/mol. The van der Waals surface area contributed by atoms with Crippen molar-refractivity contribution in [3.05, 3.63) is 47.2 Å². The van der Waals surface area contributed by atoms with Crippen molar-refractivity contribution in [2.24, 2.45) is 0 Å². The predicted molar refractivity (Wildman–Crippen MR) is 89.5 cm³/mol. The maximum Gasteiger partial charge on any atom is 0.254 e. The van der Waals surface area contributed by atoms with Gasteiger partial charge in [-0.05, 0) is 49.5 Å². The molecule has 1 aromatic carbocycles. The number of fused-ring (bicyclic) bond motifs is 1. The van der Waals surface area contributed by atoms with Gasteiger partial charge in [0.05, 0.1) is 11.5 Å². The van der Waals surface area contributed by atoms with Crippen LogP contribution in [0.4, 0.5) is 4.39 Å². The van der Waals surface area contributed by atoms with Gasteiger partial charge in [0.1, 0.15) is 11.6 Å². The van der Waals surface area contributed by atoms with Crippen molar-refractivity contribution in [2.45, 2.75) is 26.4 Å². The van der Waals surface area contributed by atoms with Crippen molar-refractivity contribution in [3.8, 4) is 10.8 Å². The van der Waals surface area contributed by atoms with Crippen LogP contribution in [0.15, 0.2) is 24.2 Å². The largest absolute Gasteiger partial charge is 0.327 e. The average molecular weight is 365 g/mol. The van der Waals surface area contributed by atoms with Gasteiger partial charge in [-0.3, -0.25) is 4.79 Å². The molecule has 4 rings (SSSR count). The number of carbonyl (C=O) groups is 1. The molecule has 1 aliphatic rings. The normalized spacial score (nSPS) is 21.3. The number of hydrogen-bond donors (Lipinski definition) is 0. The fraction of sp³-hybridized carbons (Fsp3) is 0.312. The van der Waals surface area contributed by atoms with Crippen LogP contribution in [0.2, 0.25) is 0 Å². The van der Waals surface area contributed by atoms with E-state index in [-0.39, 0.29) is 23.9 Å². The zero-order valence-corrected chi connectivity index (χ0v) is 13.7. The summed E-state index contributed by atoms with van der Waals surface area (Å²) >= 11 is 0.869. The van der Waals surface area contributed by atoms with Crippen molar-refractivity contribution in [1.29, 1.82) is 0 Å². The Kier molecular flexibility index (Phi) is 2.33. The van der Waals surface area contributed by atoms with E-state index in [1.807, 2.05) is 0 Å². The molecule has 1 atom stereocenters. The first-order chi connectivity index (χ1) is 14.9. The zero-order valence-electron chi connectivity index (χ0n) is 19.9. The lowest BCUT2D eigenvalue weighted by atomic mass is 10.1. The standard InChI is InChI=1S/C16H15FN6OS/c1-9-13-19-20-14(15-18-10(2)21-25-15)23(13)8-7-22(9)16(24)11-3-5-12(17)6-4-11/h3-6,9H,7-8H2,1-2H3/t9-/m1/s1/i2D3,3D,4D,5D,6D. The van der Waals surface area contributed by atoms with E-state index in [0.29, 0.717) is 11.6 Å². The van der Waals surface area contributed by atoms with Gasteiger partial charge in [0.2, 0.25) is 0 Å². The Labute approximate surface area is 157 Å². The molecule has 0 bridgehead atoms. The number of aryl methyl sites for hydroxylation is 1. The van der Waals surface area contributed by atoms with Gasteiger partial charge in [0.25, 0.3) is 5.91 Å². The molecule has 1 aliphatic heterocycles. The second-order valence-electron chi connectivity index (χ2n) is 5.32. The summed E-state index contributed by atoms with van der Waals surface area (Å²) < 4.78 is 72.7. The van der Waals surface area contributed by atoms with E-state index in [2.05, 4.69) is 19.6 Å². The first kappa shape index (κ1) is 9.71. The minimum absolute atomic E-state index is 0.111. The Hall–Kier alpha value is -2.68. The molecule has 0 aliphatic carbocycles. The molecule has 0 saturated heterocycles. The highest BCUT2D eigenvalue weighted by molar-refractivity contribution is 7.09. The summed E-state index contributed by atoms with van der Waals surface area (Å²) in [5.41, 5.74) is -0.520. The van der Waals surface area contributed by atoms with Crippen LogP contribution >= 0.6 is 11.5 Å². The van der Waals surface area contributed by atoms with E-state index in [1.165, 1.54) is 4.90 Å². The van der Waals surface area contributed by atoms with Crippen LogP contribution in [0.3, 0.4) is 0 Å². The Morgan fingerprint density at radius 2 is 2.16 bits per heavy atom. The summed E-state index contributed by atoms with van der Waals surface area (Å²) in [7, 11) is 0. The molecule has 9 heteroatoms. The van der Waals surface area contributed by atoms with Crippen LogP contribution in [-0.4, -0.2) is 41.5 Å². The van der Waals surface area contributed by atoms with Crippen LogP contribution in [-0.2, 0) is 6.54 Å². The first-order valence-electron chi connectivity index (χ1n) is 10.8. The van der Waals surface area contributed by atoms with Crippen LogP contribution < -0.4 is 0 Å². The molecule has 0 radical (unpaired) electrons. The molecule has 25 heavy (non-hydrogen) atoms. The van der Waals surface area contributed by atoms with Gasteiger partial charge in [-0.2, -0.15) is 4.37 Å². The molecular formula is C16H15FN6OS. The highest BCUT2D eigenvalue weighted by atomic mass is 32.1. The third-order valence-electron chi connectivity index (χ3n) is 3.87. The minimum Gasteiger partial charge on any atom is -0.327 e. The Balaban J connectivity index is 1.69. The molecule has 2 aromatic heterocycles. The lowest BCUT2D eigenvalue weighted by Crippen LogP contribution is -2.41. The van der Waals surface area contributed by atoms with Crippen LogP contribution in [0, 0.1) is 12.7 Å². The molecule has 0 fully saturated rings. The SMILES string of the molecule is [2H]c1c([2H])c(C(=O)N2CCn3c(-c4nc(C([2H])([2H])[2H])ns4)nnc3[C@H]2C)c([2H])c([2H])c1F. The van der Waals surface area contributed by atoms with Crippen LogP contribution in [0.5, 0.6) is 0 Å². The van der Waals surface area contributed by atoms with E-state index in [1.54, 1.807) is 11.5 Å². The predicted octanol–water partition coefficient (Wildman–Crippen LogP) is 2.46. The molecule has 0 N–H and O–H groups in total. The summed E-state index contributed by atoms with van der Waals surface area (Å²) in [6.07, 6.45) is 0. The fourth-order valence-electron chi connectivity index (χ4n) is 2.68. The number of halogens is 1. The maximum absolute atomic E-state index is 13.8. The van der Waals surface area contributed by atoms with Crippen LogP contribution in [0.1, 0.15) is 44.6 Å². The summed E-state index contributed by atoms with van der Waals surface area (Å²) in [6.45, 7) is -0.491. The number of aromatic nitrogens is 5. The first-order valence-corrected chi connectivity index (χ1v) is 8.05. The lowest BCUT2D eigenvalue weighted by molar-refractivity contribution is 0.0638. The van der Waals surface area contributed by atoms with E-state index in [9.17, 15) is 9.18 Å². The number of nitrogens with zero attached hydrogens (tertiary/aromatic N) is 6. The van der Waals surface area contributed by atoms with Gasteiger partial charge in [-0.25, -0.2) is 9.37 Å². The number of benzene rings is 1. The minimum atomic E-state index is -2.46. The van der Waals surface area contributed by atoms with Gasteiger partial charge in [-0.15, -0.1) is 10.2 Å². The molecular weight excluding hydrogens is 343 g/mol. The Morgan fingerprint density at radius 1 is 1.36 bits per heavy atom. The highest BCUT2D eigenvalue weighted by Crippen LogP contribution is 2.30. The van der Waals surface area contributed by atoms with Gasteiger partial charge >= 0.3 is 0 Å². The number of amides is 1. The van der Waals surface area contributed by atoms with Gasteiger partial charge in [-0.1, -0.05) is 0 Å². The summed E-state index contributed by atoms with van der Waals surface area (Å²) in [6, 6.07) is -3.99. The third kappa shape index (κ3) is 2.70. The molecule has 0 spiro atoms. The molecule has 128 valence electrons. The van der Waals surface area contributed by atoms with Crippen molar-refractivity contribution in [1.82, 2.24) is 29.0 Å². The van der Waals surface area contributed by atoms with Crippen molar-refractivity contribution < 1.29 is 18.8 Å². The maximum atomic E-state index is 13.8. The van der Waals surface area contributed by atoms with Crippen molar-refractivity contribution in [2.75, 3.05) is 6.54 Å². The summed E-state index contributed by atoms with van der Waals surface area (Å²) in [5, 5.41) is 8.43. The van der Waals surface area contributed by atoms with Gasteiger partial charge in [0, 0.05) is 22.8 Å². The summed E-state index contributed by atoms with van der Waals surface area (Å²) in [4.78, 5) is 18.5. The fourth-order valence-corrected chi connectivity index (χ4v) is 3.26. The molecule has 0 unspecified atom stereocenters. The average Bonchev–Trinajstić information content (AvgIpc) is 3.38. The third-order valence-corrected chi connectivity index (χ3v) is 4.58. The van der Waals surface area contributed by atoms with Crippen molar-refractivity contribution >= 4 is 17.4 Å². The highest BCUT2D eigenvalue weighted by Gasteiger charge is 2.32. The molecule has 3 heterocycles. The molecule has 7 nitrogen and oxygen atoms in total. The van der Waals surface area contributed by atoms with Gasteiger partial charge in [0.15, 0.2) is 16.7 Å². The van der Waals surface area contributed by atoms with E-state index in [0.717, 1.165) is 11.5 Å². The number of rotatable bonds is 2. The number of carbonyl (C=O) groups excluding carboxylic acids is 1. The van der Waals surface area contributed by atoms with Gasteiger partial charge < -0.3 is 9.47 Å².